The van der Waals surface area contributed by atoms with Crippen molar-refractivity contribution in [3.8, 4) is 0 Å². The monoisotopic (exact) mass is 462 g/mol. The Bertz CT molecular complexity index is 140. The minimum atomic E-state index is 0.153. The number of hydrogen-bond donors (Lipinski definition) is 0. The summed E-state index contributed by atoms with van der Waals surface area (Å²) in [6, 6.07) is 0. The molecule has 0 aromatic rings. The zero-order chi connectivity index (χ0) is 9.61. The van der Waals surface area contributed by atoms with Gasteiger partial charge in [-0.1, -0.05) is 0 Å². The molecule has 0 aliphatic carbocycles. The van der Waals surface area contributed by atoms with E-state index in [1.165, 1.54) is 19.3 Å². The average molecular weight is 465 g/mol. The molecule has 0 aliphatic rings. The van der Waals surface area contributed by atoms with E-state index < -0.39 is 0 Å². The SMILES string of the molecule is CCCCC(Br)C=C[C](Br)(Br)[InH2]. The number of hydrogen-bond acceptors (Lipinski definition) is 0. The van der Waals surface area contributed by atoms with Crippen LogP contribution in [0.15, 0.2) is 12.2 Å². The van der Waals surface area contributed by atoms with Gasteiger partial charge in [0.15, 0.2) is 0 Å². The van der Waals surface area contributed by atoms with Gasteiger partial charge in [0.1, 0.15) is 0 Å². The van der Waals surface area contributed by atoms with E-state index >= 15 is 0 Å². The van der Waals surface area contributed by atoms with E-state index in [1.54, 1.807) is 0 Å². The molecule has 0 bridgehead atoms. The molecule has 0 aromatic heterocycles. The van der Waals surface area contributed by atoms with Gasteiger partial charge in [-0.25, -0.2) is 0 Å². The Labute approximate surface area is 115 Å². The summed E-state index contributed by atoms with van der Waals surface area (Å²) in [5, 5.41) is 0. The van der Waals surface area contributed by atoms with Crippen molar-refractivity contribution < 1.29 is 0 Å². The first-order valence-corrected chi connectivity index (χ1v) is 9.52. The number of alkyl halides is 3. The van der Waals surface area contributed by atoms with Crippen molar-refractivity contribution in [2.45, 2.75) is 32.0 Å². The fourth-order valence-electron chi connectivity index (χ4n) is 0.769. The normalized spacial score (nSPS) is 15.3. The van der Waals surface area contributed by atoms with Crippen molar-refractivity contribution in [3.63, 3.8) is 0 Å². The third-order valence-electron chi connectivity index (χ3n) is 1.43. The van der Waals surface area contributed by atoms with Crippen molar-refractivity contribution in [2.75, 3.05) is 0 Å². The van der Waals surface area contributed by atoms with Crippen LogP contribution in [0.2, 0.25) is 0 Å². The van der Waals surface area contributed by atoms with Gasteiger partial charge in [-0.15, -0.1) is 0 Å². The molecule has 0 saturated carbocycles. The maximum atomic E-state index is 3.63. The fraction of sp³-hybridized carbons (Fsp3) is 0.750. The molecule has 0 saturated heterocycles. The first-order chi connectivity index (χ1) is 5.45. The third kappa shape index (κ3) is 10.1. The molecule has 12 heavy (non-hydrogen) atoms. The van der Waals surface area contributed by atoms with Crippen molar-refractivity contribution in [3.05, 3.63) is 12.2 Å². The van der Waals surface area contributed by atoms with Crippen LogP contribution in [0.3, 0.4) is 0 Å². The Morgan fingerprint density at radius 1 is 1.50 bits per heavy atom. The molecular formula is C8H14Br3In. The van der Waals surface area contributed by atoms with Gasteiger partial charge < -0.3 is 0 Å². The molecule has 0 nitrogen and oxygen atoms in total. The zero-order valence-corrected chi connectivity index (χ0v) is 18.0. The summed E-state index contributed by atoms with van der Waals surface area (Å²) in [5.41, 5.74) is 0. The van der Waals surface area contributed by atoms with Crippen LogP contribution in [-0.4, -0.2) is 30.2 Å². The van der Waals surface area contributed by atoms with Gasteiger partial charge in [0.05, 0.1) is 0 Å². The van der Waals surface area contributed by atoms with Gasteiger partial charge >= 0.3 is 116 Å². The summed E-state index contributed by atoms with van der Waals surface area (Å²) >= 11 is 11.3. The van der Waals surface area contributed by atoms with Gasteiger partial charge in [0.2, 0.25) is 0 Å². The summed E-state index contributed by atoms with van der Waals surface area (Å²) in [5.74, 6) is 0. The fourth-order valence-corrected chi connectivity index (χ4v) is 2.10. The Kier molecular flexibility index (Phi) is 8.61. The van der Waals surface area contributed by atoms with E-state index in [-0.39, 0.29) is 0.990 Å². The molecule has 0 aromatic carbocycles. The third-order valence-corrected chi connectivity index (χ3v) is 3.67. The van der Waals surface area contributed by atoms with Crippen LogP contribution in [0.25, 0.3) is 0 Å². The predicted molar refractivity (Wildman–Crippen MR) is 70.5 cm³/mol. The molecule has 0 aliphatic heterocycles. The topological polar surface area (TPSA) is 0 Å². The summed E-state index contributed by atoms with van der Waals surface area (Å²) < 4.78 is 0.153. The van der Waals surface area contributed by atoms with Crippen LogP contribution in [0.5, 0.6) is 0 Å². The molecular weight excluding hydrogens is 451 g/mol. The van der Waals surface area contributed by atoms with Crippen LogP contribution in [0.4, 0.5) is 0 Å². The van der Waals surface area contributed by atoms with Gasteiger partial charge in [-0.3, -0.25) is 0 Å². The van der Waals surface area contributed by atoms with Gasteiger partial charge in [0, 0.05) is 0 Å². The Balaban J connectivity index is 3.68. The second-order valence-electron chi connectivity index (χ2n) is 2.97. The second kappa shape index (κ2) is 7.36. The molecule has 0 amide bonds. The Morgan fingerprint density at radius 3 is 2.50 bits per heavy atom. The standard InChI is InChI=1S/C8H12Br3.In.2H/c1-2-3-4-7(9)5-6-8(10)11;;;/h5-7H,2-4H2,1H3;;;. The Hall–Kier alpha value is 2.05. The molecule has 0 rings (SSSR count). The van der Waals surface area contributed by atoms with Gasteiger partial charge in [-0.05, 0) is 0 Å². The predicted octanol–water partition coefficient (Wildman–Crippen LogP) is 3.57. The summed E-state index contributed by atoms with van der Waals surface area (Å²) in [6.07, 6.45) is 8.24. The average Bonchev–Trinajstić information content (AvgIpc) is 1.95. The molecule has 0 heterocycles. The van der Waals surface area contributed by atoms with Crippen molar-refractivity contribution in [1.82, 2.24) is 0 Å². The molecule has 0 fully saturated rings. The van der Waals surface area contributed by atoms with E-state index in [0.717, 1.165) is 0 Å². The van der Waals surface area contributed by atoms with E-state index in [0.29, 0.717) is 29.2 Å². The second-order valence-corrected chi connectivity index (χ2v) is 21.4. The number of rotatable bonds is 5. The molecule has 0 N–H and O–H groups in total. The van der Waals surface area contributed by atoms with Crippen molar-refractivity contribution in [1.29, 1.82) is 0 Å². The molecule has 1 unspecified atom stereocenters. The van der Waals surface area contributed by atoms with Crippen LogP contribution >= 0.6 is 47.8 Å². The van der Waals surface area contributed by atoms with E-state index in [1.807, 2.05) is 0 Å². The van der Waals surface area contributed by atoms with E-state index in [2.05, 4.69) is 66.9 Å². The zero-order valence-electron chi connectivity index (χ0n) is 7.49. The molecule has 1 atom stereocenters. The van der Waals surface area contributed by atoms with E-state index in [4.69, 9.17) is 0 Å². The molecule has 70 valence electrons. The molecule has 0 radical (unpaired) electrons. The quantitative estimate of drug-likeness (QED) is 0.431. The van der Waals surface area contributed by atoms with E-state index in [9.17, 15) is 0 Å². The van der Waals surface area contributed by atoms with Crippen LogP contribution < -0.4 is 0 Å². The van der Waals surface area contributed by atoms with Crippen LogP contribution in [-0.2, 0) is 0 Å². The number of halogens is 3. The number of unbranched alkanes of at least 4 members (excludes halogenated alkanes) is 1. The molecule has 0 spiro atoms. The van der Waals surface area contributed by atoms with Crippen LogP contribution in [0, 0.1) is 0 Å². The van der Waals surface area contributed by atoms with Crippen molar-refractivity contribution >= 4 is 72.2 Å². The van der Waals surface area contributed by atoms with Gasteiger partial charge in [-0.2, -0.15) is 0 Å². The summed E-state index contributed by atoms with van der Waals surface area (Å²) in [4.78, 5) is 0.540. The summed E-state index contributed by atoms with van der Waals surface area (Å²) in [6.45, 7) is 2.22. The van der Waals surface area contributed by atoms with Gasteiger partial charge in [0.25, 0.3) is 0 Å². The maximum absolute atomic E-state index is 3.63. The minimum absolute atomic E-state index is 0.153. The Morgan fingerprint density at radius 2 is 2.08 bits per heavy atom. The first-order valence-electron chi connectivity index (χ1n) is 4.17. The van der Waals surface area contributed by atoms with Crippen molar-refractivity contribution in [2.24, 2.45) is 0 Å². The van der Waals surface area contributed by atoms with Crippen LogP contribution in [0.1, 0.15) is 26.2 Å². The summed E-state index contributed by atoms with van der Waals surface area (Å²) in [7, 11) is 0. The first kappa shape index (κ1) is 14.1. The molecule has 4 heteroatoms. The number of allylic oxidation sites excluding steroid dienone is 2.